The molecule has 0 radical (unpaired) electrons. The number of rotatable bonds is 4. The van der Waals surface area contributed by atoms with Crippen LogP contribution >= 0.6 is 0 Å². The van der Waals surface area contributed by atoms with Crippen LogP contribution in [-0.2, 0) is 10.8 Å². The van der Waals surface area contributed by atoms with Gasteiger partial charge in [0.05, 0.1) is 5.25 Å². The fourth-order valence-electron chi connectivity index (χ4n) is 3.42. The van der Waals surface area contributed by atoms with E-state index in [1.54, 1.807) is 0 Å². The molecule has 0 aromatic carbocycles. The lowest BCUT2D eigenvalue weighted by Crippen LogP contribution is -2.46. The molecule has 2 saturated carbocycles. The molecule has 2 aliphatic rings. The largest absolute Gasteiger partial charge is 0.313 e. The van der Waals surface area contributed by atoms with Gasteiger partial charge in [0.25, 0.3) is 0 Å². The molecule has 17 heavy (non-hydrogen) atoms. The van der Waals surface area contributed by atoms with E-state index in [9.17, 15) is 4.21 Å². The van der Waals surface area contributed by atoms with Crippen LogP contribution in [0, 0.1) is 0 Å². The minimum absolute atomic E-state index is 0.437. The van der Waals surface area contributed by atoms with Crippen molar-refractivity contribution < 1.29 is 4.21 Å². The van der Waals surface area contributed by atoms with Crippen LogP contribution in [0.3, 0.4) is 0 Å². The van der Waals surface area contributed by atoms with E-state index in [0.717, 1.165) is 6.54 Å². The third kappa shape index (κ3) is 3.54. The van der Waals surface area contributed by atoms with Gasteiger partial charge in [0.15, 0.2) is 0 Å². The fourth-order valence-corrected chi connectivity index (χ4v) is 5.66. The maximum Gasteiger partial charge on any atom is 0.0504 e. The van der Waals surface area contributed by atoms with Gasteiger partial charge in [-0.1, -0.05) is 39.0 Å². The van der Waals surface area contributed by atoms with Crippen LogP contribution in [0.2, 0.25) is 0 Å². The highest BCUT2D eigenvalue weighted by Crippen LogP contribution is 2.30. The maximum absolute atomic E-state index is 12.7. The molecule has 0 heterocycles. The molecule has 3 heteroatoms. The lowest BCUT2D eigenvalue weighted by atomic mass is 9.95. The highest BCUT2D eigenvalue weighted by molar-refractivity contribution is 7.86. The molecule has 1 N–H and O–H groups in total. The van der Waals surface area contributed by atoms with Gasteiger partial charge in [-0.25, -0.2) is 0 Å². The van der Waals surface area contributed by atoms with Gasteiger partial charge in [-0.2, -0.15) is 0 Å². The Bertz CT molecular complexity index is 249. The summed E-state index contributed by atoms with van der Waals surface area (Å²) in [6.07, 6.45) is 11.4. The van der Waals surface area contributed by atoms with Crippen LogP contribution in [0.5, 0.6) is 0 Å². The molecule has 3 atom stereocenters. The lowest BCUT2D eigenvalue weighted by molar-refractivity contribution is 0.381. The van der Waals surface area contributed by atoms with Crippen LogP contribution in [0.1, 0.15) is 64.7 Å². The summed E-state index contributed by atoms with van der Waals surface area (Å²) in [5, 5.41) is 4.51. The zero-order chi connectivity index (χ0) is 12.1. The molecular weight excluding hydrogens is 230 g/mol. The van der Waals surface area contributed by atoms with E-state index in [-0.39, 0.29) is 0 Å². The van der Waals surface area contributed by atoms with Crippen molar-refractivity contribution in [2.45, 2.75) is 81.3 Å². The third-order valence-electron chi connectivity index (χ3n) is 4.35. The monoisotopic (exact) mass is 257 g/mol. The summed E-state index contributed by atoms with van der Waals surface area (Å²) in [5.74, 6) is 0. The van der Waals surface area contributed by atoms with Gasteiger partial charge in [-0.05, 0) is 32.2 Å². The van der Waals surface area contributed by atoms with E-state index in [1.807, 2.05) is 0 Å². The molecule has 0 saturated heterocycles. The Morgan fingerprint density at radius 3 is 2.35 bits per heavy atom. The number of hydrogen-bond acceptors (Lipinski definition) is 2. The predicted molar refractivity (Wildman–Crippen MR) is 74.7 cm³/mol. The summed E-state index contributed by atoms with van der Waals surface area (Å²) in [6, 6.07) is 0.525. The molecule has 2 fully saturated rings. The Morgan fingerprint density at radius 1 is 1.00 bits per heavy atom. The van der Waals surface area contributed by atoms with Crippen molar-refractivity contribution in [2.24, 2.45) is 0 Å². The summed E-state index contributed by atoms with van der Waals surface area (Å²) in [5.41, 5.74) is 0. The summed E-state index contributed by atoms with van der Waals surface area (Å²) in [4.78, 5) is 0. The molecule has 0 bridgehead atoms. The normalized spacial score (nSPS) is 33.5. The molecule has 0 aliphatic heterocycles. The minimum Gasteiger partial charge on any atom is -0.313 e. The van der Waals surface area contributed by atoms with Crippen molar-refractivity contribution in [1.29, 1.82) is 0 Å². The van der Waals surface area contributed by atoms with Crippen LogP contribution in [0.25, 0.3) is 0 Å². The third-order valence-corrected chi connectivity index (χ3v) is 6.64. The zero-order valence-electron chi connectivity index (χ0n) is 11.1. The van der Waals surface area contributed by atoms with E-state index >= 15 is 0 Å². The summed E-state index contributed by atoms with van der Waals surface area (Å²) < 4.78 is 12.7. The smallest absolute Gasteiger partial charge is 0.0504 e. The summed E-state index contributed by atoms with van der Waals surface area (Å²) in [7, 11) is -0.587. The first-order chi connectivity index (χ1) is 8.33. The molecule has 3 unspecified atom stereocenters. The topological polar surface area (TPSA) is 29.1 Å². The first-order valence-corrected chi connectivity index (χ1v) is 8.73. The van der Waals surface area contributed by atoms with E-state index in [1.165, 1.54) is 57.8 Å². The Hall–Kier alpha value is 0.110. The molecule has 0 spiro atoms. The second-order valence-corrected chi connectivity index (χ2v) is 7.50. The Balaban J connectivity index is 1.94. The summed E-state index contributed by atoms with van der Waals surface area (Å²) >= 11 is 0. The molecule has 2 nitrogen and oxygen atoms in total. The molecule has 0 aromatic heterocycles. The molecule has 2 aliphatic carbocycles. The van der Waals surface area contributed by atoms with E-state index in [2.05, 4.69) is 12.2 Å². The van der Waals surface area contributed by atoms with Crippen LogP contribution in [0.15, 0.2) is 0 Å². The van der Waals surface area contributed by atoms with Crippen molar-refractivity contribution >= 4 is 10.8 Å². The quantitative estimate of drug-likeness (QED) is 0.839. The zero-order valence-corrected chi connectivity index (χ0v) is 11.9. The Morgan fingerprint density at radius 2 is 1.65 bits per heavy atom. The Kier molecular flexibility index (Phi) is 5.49. The van der Waals surface area contributed by atoms with Crippen molar-refractivity contribution in [2.75, 3.05) is 6.54 Å². The minimum atomic E-state index is -0.587. The lowest BCUT2D eigenvalue weighted by Gasteiger charge is -2.35. The molecule has 2 rings (SSSR count). The van der Waals surface area contributed by atoms with Crippen molar-refractivity contribution in [3.63, 3.8) is 0 Å². The van der Waals surface area contributed by atoms with Gasteiger partial charge >= 0.3 is 0 Å². The molecule has 0 aromatic rings. The van der Waals surface area contributed by atoms with Crippen molar-refractivity contribution in [3.05, 3.63) is 0 Å². The van der Waals surface area contributed by atoms with Gasteiger partial charge in [-0.15, -0.1) is 0 Å². The standard InChI is InChI=1S/C14H27NOS/c1-2-15-13-10-6-7-11-14(13)17(16)12-8-4-3-5-9-12/h12-15H,2-11H2,1H3. The number of nitrogens with one attached hydrogen (secondary N) is 1. The highest BCUT2D eigenvalue weighted by Gasteiger charge is 2.33. The van der Waals surface area contributed by atoms with Crippen LogP contribution in [0.4, 0.5) is 0 Å². The Labute approximate surface area is 108 Å². The summed E-state index contributed by atoms with van der Waals surface area (Å²) in [6.45, 7) is 3.18. The first kappa shape index (κ1) is 13.5. The van der Waals surface area contributed by atoms with E-state index in [4.69, 9.17) is 0 Å². The first-order valence-electron chi connectivity index (χ1n) is 7.45. The molecule has 100 valence electrons. The molecule has 0 amide bonds. The van der Waals surface area contributed by atoms with E-state index < -0.39 is 10.8 Å². The van der Waals surface area contributed by atoms with Crippen LogP contribution < -0.4 is 5.32 Å². The van der Waals surface area contributed by atoms with Crippen molar-refractivity contribution in [1.82, 2.24) is 5.32 Å². The van der Waals surface area contributed by atoms with Gasteiger partial charge in [0.1, 0.15) is 0 Å². The van der Waals surface area contributed by atoms with Gasteiger partial charge in [0, 0.05) is 22.1 Å². The molecular formula is C14H27NOS. The van der Waals surface area contributed by atoms with Gasteiger partial charge in [-0.3, -0.25) is 4.21 Å². The SMILES string of the molecule is CCNC1CCCCC1S(=O)C1CCCCC1. The van der Waals surface area contributed by atoms with Crippen molar-refractivity contribution in [3.8, 4) is 0 Å². The average Bonchev–Trinajstić information content (AvgIpc) is 2.40. The second-order valence-electron chi connectivity index (χ2n) is 5.58. The predicted octanol–water partition coefficient (Wildman–Crippen LogP) is 2.99. The van der Waals surface area contributed by atoms with Gasteiger partial charge < -0.3 is 5.32 Å². The van der Waals surface area contributed by atoms with Crippen LogP contribution in [-0.4, -0.2) is 27.3 Å². The van der Waals surface area contributed by atoms with Gasteiger partial charge in [0.2, 0.25) is 0 Å². The van der Waals surface area contributed by atoms with E-state index in [0.29, 0.717) is 16.5 Å². The second kappa shape index (κ2) is 6.89. The average molecular weight is 257 g/mol. The fraction of sp³-hybridized carbons (Fsp3) is 1.00. The number of hydrogen-bond donors (Lipinski definition) is 1. The maximum atomic E-state index is 12.7. The highest BCUT2D eigenvalue weighted by atomic mass is 32.2.